The van der Waals surface area contributed by atoms with E-state index in [0.29, 0.717) is 22.2 Å². The van der Waals surface area contributed by atoms with Gasteiger partial charge in [0.15, 0.2) is 5.78 Å². The van der Waals surface area contributed by atoms with Crippen LogP contribution >= 0.6 is 22.9 Å². The molecule has 1 saturated heterocycles. The molecule has 0 aliphatic carbocycles. The van der Waals surface area contributed by atoms with Crippen LogP contribution in [0.2, 0.25) is 5.02 Å². The normalized spacial score (nSPS) is 24.9. The number of hydrogen-bond donors (Lipinski definition) is 1. The third-order valence-corrected chi connectivity index (χ3v) is 7.64. The predicted octanol–water partition coefficient (Wildman–Crippen LogP) is 4.79. The Hall–Kier alpha value is -2.67. The molecule has 0 saturated carbocycles. The number of fused-ring (bicyclic) bond motifs is 2. The van der Waals surface area contributed by atoms with E-state index in [1.807, 2.05) is 71.9 Å². The number of amides is 1. The molecular weight excluding hydrogens is 432 g/mol. The maximum Gasteiger partial charge on any atom is 0.250 e. The fourth-order valence-corrected chi connectivity index (χ4v) is 5.96. The van der Waals surface area contributed by atoms with Gasteiger partial charge in [-0.05, 0) is 54.4 Å². The number of hydrogen-bond acceptors (Lipinski definition) is 5. The number of anilines is 1. The summed E-state index contributed by atoms with van der Waals surface area (Å²) >= 11 is 7.52. The van der Waals surface area contributed by atoms with E-state index >= 15 is 0 Å². The second kappa shape index (κ2) is 7.48. The summed E-state index contributed by atoms with van der Waals surface area (Å²) < 4.78 is 5.45. The van der Waals surface area contributed by atoms with Crippen LogP contribution in [0.4, 0.5) is 5.69 Å². The number of halogens is 1. The lowest BCUT2D eigenvalue weighted by molar-refractivity contribution is -0.126. The van der Waals surface area contributed by atoms with E-state index in [0.717, 1.165) is 16.8 Å². The first-order chi connectivity index (χ1) is 15.0. The highest BCUT2D eigenvalue weighted by Crippen LogP contribution is 2.56. The van der Waals surface area contributed by atoms with Gasteiger partial charge in [0.05, 0.1) is 17.9 Å². The molecule has 1 aromatic heterocycles. The van der Waals surface area contributed by atoms with E-state index in [-0.39, 0.29) is 17.6 Å². The van der Waals surface area contributed by atoms with Crippen molar-refractivity contribution in [2.75, 3.05) is 26.0 Å². The minimum absolute atomic E-state index is 0.0230. The molecule has 1 spiro atoms. The Kier molecular flexibility index (Phi) is 4.88. The molecule has 2 aromatic carbocycles. The van der Waals surface area contributed by atoms with Gasteiger partial charge in [0.1, 0.15) is 11.3 Å². The molecule has 5 rings (SSSR count). The highest BCUT2D eigenvalue weighted by atomic mass is 35.5. The van der Waals surface area contributed by atoms with Crippen molar-refractivity contribution in [3.63, 3.8) is 0 Å². The van der Waals surface area contributed by atoms with Crippen LogP contribution in [0.25, 0.3) is 0 Å². The molecule has 3 heterocycles. The lowest BCUT2D eigenvalue weighted by Crippen LogP contribution is -2.51. The molecule has 1 amide bonds. The zero-order valence-electron chi connectivity index (χ0n) is 17.1. The molecule has 5 nitrogen and oxygen atoms in total. The number of nitrogens with zero attached hydrogens (tertiary/aromatic N) is 1. The number of likely N-dealkylation sites (N-methyl/N-ethyl adjacent to an activating group) is 1. The van der Waals surface area contributed by atoms with Crippen LogP contribution in [-0.4, -0.2) is 37.3 Å². The fourth-order valence-electron chi connectivity index (χ4n) is 5.13. The molecule has 7 heteroatoms. The first-order valence-corrected chi connectivity index (χ1v) is 11.3. The topological polar surface area (TPSA) is 58.6 Å². The van der Waals surface area contributed by atoms with Gasteiger partial charge in [-0.3, -0.25) is 14.5 Å². The van der Waals surface area contributed by atoms with E-state index in [9.17, 15) is 9.59 Å². The monoisotopic (exact) mass is 452 g/mol. The predicted molar refractivity (Wildman–Crippen MR) is 122 cm³/mol. The van der Waals surface area contributed by atoms with Crippen molar-refractivity contribution in [2.24, 2.45) is 5.92 Å². The SMILES string of the molecule is COc1ccc2c(c1)[C@]1(C(=O)N2)[C@H](C(=O)c2cccs2)[C@H](c2ccc(Cl)cc2)CN1C. The highest BCUT2D eigenvalue weighted by Gasteiger charge is 2.64. The highest BCUT2D eigenvalue weighted by molar-refractivity contribution is 7.12. The van der Waals surface area contributed by atoms with Crippen LogP contribution in [0.1, 0.15) is 26.7 Å². The zero-order valence-corrected chi connectivity index (χ0v) is 18.7. The standard InChI is InChI=1S/C24H21ClN2O3S/c1-27-13-17(14-5-7-15(25)8-6-14)21(22(28)20-4-3-11-31-20)24(27)18-12-16(30-2)9-10-19(18)26-23(24)29/h3-12,17,21H,13H2,1-2H3,(H,26,29)/t17-,21-,24+/m0/s1. The Balaban J connectivity index is 1.73. The van der Waals surface area contributed by atoms with Crippen LogP contribution in [0.5, 0.6) is 5.75 Å². The number of ketones is 1. The van der Waals surface area contributed by atoms with Gasteiger partial charge >= 0.3 is 0 Å². The largest absolute Gasteiger partial charge is 0.497 e. The summed E-state index contributed by atoms with van der Waals surface area (Å²) in [7, 11) is 3.51. The summed E-state index contributed by atoms with van der Waals surface area (Å²) in [5.74, 6) is -0.305. The van der Waals surface area contributed by atoms with Crippen molar-refractivity contribution in [3.8, 4) is 5.75 Å². The molecule has 31 heavy (non-hydrogen) atoms. The number of benzene rings is 2. The smallest absolute Gasteiger partial charge is 0.250 e. The molecule has 3 atom stereocenters. The summed E-state index contributed by atoms with van der Waals surface area (Å²) in [6.45, 7) is 0.563. The van der Waals surface area contributed by atoms with Gasteiger partial charge in [-0.2, -0.15) is 0 Å². The number of thiophene rings is 1. The molecular formula is C24H21ClN2O3S. The van der Waals surface area contributed by atoms with Gasteiger partial charge in [0.25, 0.3) is 0 Å². The van der Waals surface area contributed by atoms with Crippen LogP contribution in [0, 0.1) is 5.92 Å². The molecule has 3 aromatic rings. The van der Waals surface area contributed by atoms with Crippen molar-refractivity contribution in [2.45, 2.75) is 11.5 Å². The van der Waals surface area contributed by atoms with Crippen molar-refractivity contribution in [1.82, 2.24) is 4.90 Å². The third kappa shape index (κ3) is 2.93. The van der Waals surface area contributed by atoms with Crippen molar-refractivity contribution in [1.29, 1.82) is 0 Å². The van der Waals surface area contributed by atoms with E-state index in [1.165, 1.54) is 11.3 Å². The summed E-state index contributed by atoms with van der Waals surface area (Å²) in [5.41, 5.74) is 1.38. The molecule has 158 valence electrons. The summed E-state index contributed by atoms with van der Waals surface area (Å²) in [6.07, 6.45) is 0. The average molecular weight is 453 g/mol. The zero-order chi connectivity index (χ0) is 21.8. The van der Waals surface area contributed by atoms with E-state index in [4.69, 9.17) is 16.3 Å². The molecule has 2 aliphatic rings. The Morgan fingerprint density at radius 3 is 2.68 bits per heavy atom. The number of likely N-dealkylation sites (tertiary alicyclic amines) is 1. The molecule has 1 N–H and O–H groups in total. The van der Waals surface area contributed by atoms with Gasteiger partial charge in [0, 0.05) is 28.7 Å². The van der Waals surface area contributed by atoms with Gasteiger partial charge in [-0.1, -0.05) is 29.8 Å². The Morgan fingerprint density at radius 1 is 1.23 bits per heavy atom. The first-order valence-electron chi connectivity index (χ1n) is 10.0. The molecule has 0 unspecified atom stereocenters. The quantitative estimate of drug-likeness (QED) is 0.578. The van der Waals surface area contributed by atoms with Gasteiger partial charge in [0.2, 0.25) is 5.91 Å². The van der Waals surface area contributed by atoms with Crippen LogP contribution in [-0.2, 0) is 10.3 Å². The second-order valence-corrected chi connectivity index (χ2v) is 9.37. The van der Waals surface area contributed by atoms with Gasteiger partial charge in [-0.25, -0.2) is 0 Å². The number of ether oxygens (including phenoxy) is 1. The van der Waals surface area contributed by atoms with Crippen molar-refractivity contribution < 1.29 is 14.3 Å². The van der Waals surface area contributed by atoms with E-state index in [1.54, 1.807) is 7.11 Å². The second-order valence-electron chi connectivity index (χ2n) is 7.99. The number of carbonyl (C=O) groups excluding carboxylic acids is 2. The third-order valence-electron chi connectivity index (χ3n) is 6.50. The van der Waals surface area contributed by atoms with Crippen molar-refractivity contribution in [3.05, 3.63) is 81.0 Å². The lowest BCUT2D eigenvalue weighted by atomic mass is 9.71. The Labute approximate surface area is 189 Å². The average Bonchev–Trinajstić information content (AvgIpc) is 3.47. The molecule has 0 bridgehead atoms. The fraction of sp³-hybridized carbons (Fsp3) is 0.250. The van der Waals surface area contributed by atoms with Gasteiger partial charge < -0.3 is 10.1 Å². The molecule has 1 fully saturated rings. The summed E-state index contributed by atoms with van der Waals surface area (Å²) in [4.78, 5) is 30.2. The summed E-state index contributed by atoms with van der Waals surface area (Å²) in [5, 5.41) is 5.55. The number of nitrogens with one attached hydrogen (secondary N) is 1. The Bertz CT molecular complexity index is 1160. The Morgan fingerprint density at radius 2 is 2.00 bits per heavy atom. The maximum absolute atomic E-state index is 13.9. The minimum atomic E-state index is -1.12. The van der Waals surface area contributed by atoms with Gasteiger partial charge in [-0.15, -0.1) is 11.3 Å². The number of Topliss-reactive ketones (excluding diaryl/α,β-unsaturated/α-hetero) is 1. The molecule has 2 aliphatic heterocycles. The first kappa shape index (κ1) is 20.2. The maximum atomic E-state index is 13.9. The number of methoxy groups -OCH3 is 1. The van der Waals surface area contributed by atoms with E-state index < -0.39 is 11.5 Å². The lowest BCUT2D eigenvalue weighted by Gasteiger charge is -2.35. The van der Waals surface area contributed by atoms with Crippen molar-refractivity contribution >= 4 is 40.3 Å². The van der Waals surface area contributed by atoms with Crippen LogP contribution in [0.3, 0.4) is 0 Å². The number of carbonyl (C=O) groups is 2. The van der Waals surface area contributed by atoms with Crippen LogP contribution < -0.4 is 10.1 Å². The summed E-state index contributed by atoms with van der Waals surface area (Å²) in [6, 6.07) is 16.8. The molecule has 0 radical (unpaired) electrons. The van der Waals surface area contributed by atoms with E-state index in [2.05, 4.69) is 5.32 Å². The minimum Gasteiger partial charge on any atom is -0.497 e. The number of rotatable bonds is 4. The van der Waals surface area contributed by atoms with Crippen LogP contribution in [0.15, 0.2) is 60.0 Å².